The van der Waals surface area contributed by atoms with E-state index in [-0.39, 0.29) is 6.04 Å². The van der Waals surface area contributed by atoms with Crippen LogP contribution in [0.5, 0.6) is 5.75 Å². The van der Waals surface area contributed by atoms with Crippen molar-refractivity contribution in [2.75, 3.05) is 7.11 Å². The topological polar surface area (TPSA) is 76.7 Å². The molecule has 22 heavy (non-hydrogen) atoms. The van der Waals surface area contributed by atoms with Gasteiger partial charge < -0.3 is 10.5 Å². The number of nitrogens with two attached hydrogens (primary N) is 1. The molecule has 0 saturated heterocycles. The van der Waals surface area contributed by atoms with Crippen LogP contribution in [0.4, 0.5) is 4.79 Å². The van der Waals surface area contributed by atoms with Crippen LogP contribution in [-0.4, -0.2) is 25.0 Å². The summed E-state index contributed by atoms with van der Waals surface area (Å²) in [5.41, 5.74) is 6.23. The Morgan fingerprint density at radius 3 is 2.55 bits per heavy atom. The summed E-state index contributed by atoms with van der Waals surface area (Å²) in [5, 5.41) is 2.60. The van der Waals surface area contributed by atoms with Crippen molar-refractivity contribution in [2.24, 2.45) is 10.7 Å². The largest absolute Gasteiger partial charge is 0.497 e. The third kappa shape index (κ3) is 5.24. The van der Waals surface area contributed by atoms with Crippen LogP contribution in [0.1, 0.15) is 37.7 Å². The summed E-state index contributed by atoms with van der Waals surface area (Å²) < 4.78 is 5.13. The first-order valence-corrected chi connectivity index (χ1v) is 7.64. The van der Waals surface area contributed by atoms with E-state index in [1.54, 1.807) is 13.2 Å². The van der Waals surface area contributed by atoms with Gasteiger partial charge in [0.1, 0.15) is 11.6 Å². The normalized spacial score (nSPS) is 16.7. The highest BCUT2D eigenvalue weighted by Crippen LogP contribution is 2.20. The molecular weight excluding hydrogens is 278 g/mol. The van der Waals surface area contributed by atoms with Crippen molar-refractivity contribution in [1.29, 1.82) is 0 Å². The molecule has 0 bridgehead atoms. The van der Waals surface area contributed by atoms with E-state index >= 15 is 0 Å². The molecule has 5 nitrogen and oxygen atoms in total. The molecule has 118 valence electrons. The first-order chi connectivity index (χ1) is 10.7. The average Bonchev–Trinajstić information content (AvgIpc) is 2.53. The van der Waals surface area contributed by atoms with Crippen LogP contribution >= 0.6 is 0 Å². The molecule has 3 N–H and O–H groups in total. The highest BCUT2D eigenvalue weighted by atomic mass is 16.5. The van der Waals surface area contributed by atoms with E-state index in [9.17, 15) is 4.79 Å². The minimum absolute atomic E-state index is 0.274. The Kier molecular flexibility index (Phi) is 6.01. The molecule has 0 aliphatic heterocycles. The maximum atomic E-state index is 11.1. The summed E-state index contributed by atoms with van der Waals surface area (Å²) in [5.74, 6) is 1.33. The number of carbonyl (C=O) groups is 1. The summed E-state index contributed by atoms with van der Waals surface area (Å²) in [4.78, 5) is 15.7. The second-order valence-corrected chi connectivity index (χ2v) is 5.40. The van der Waals surface area contributed by atoms with Gasteiger partial charge in [0.25, 0.3) is 0 Å². The quantitative estimate of drug-likeness (QED) is 0.662. The molecule has 0 spiro atoms. The molecule has 1 fully saturated rings. The van der Waals surface area contributed by atoms with Crippen LogP contribution in [0.2, 0.25) is 0 Å². The number of amides is 2. The number of carbonyl (C=O) groups excluding carboxylic acids is 1. The molecule has 1 aromatic carbocycles. The number of methoxy groups -OCH3 is 1. The number of hydrogen-bond acceptors (Lipinski definition) is 3. The lowest BCUT2D eigenvalue weighted by atomic mass is 9.96. The van der Waals surface area contributed by atoms with Gasteiger partial charge in [0.05, 0.1) is 13.2 Å². The maximum absolute atomic E-state index is 11.1. The maximum Gasteiger partial charge on any atom is 0.317 e. The average molecular weight is 301 g/mol. The van der Waals surface area contributed by atoms with Crippen LogP contribution in [0.25, 0.3) is 6.08 Å². The van der Waals surface area contributed by atoms with Crippen LogP contribution in [0.15, 0.2) is 35.3 Å². The van der Waals surface area contributed by atoms with Gasteiger partial charge in [-0.3, -0.25) is 10.3 Å². The molecule has 5 heteroatoms. The fourth-order valence-corrected chi connectivity index (χ4v) is 2.54. The second kappa shape index (κ2) is 8.22. The highest BCUT2D eigenvalue weighted by molar-refractivity contribution is 6.05. The fraction of sp³-hybridized carbons (Fsp3) is 0.412. The van der Waals surface area contributed by atoms with E-state index in [0.717, 1.165) is 24.2 Å². The van der Waals surface area contributed by atoms with Gasteiger partial charge >= 0.3 is 6.03 Å². The zero-order valence-corrected chi connectivity index (χ0v) is 12.9. The van der Waals surface area contributed by atoms with E-state index in [0.29, 0.717) is 5.84 Å². The van der Waals surface area contributed by atoms with Gasteiger partial charge in [-0.2, -0.15) is 0 Å². The predicted molar refractivity (Wildman–Crippen MR) is 89.1 cm³/mol. The number of amidine groups is 1. The molecule has 1 aromatic rings. The molecule has 1 aliphatic rings. The number of benzene rings is 1. The SMILES string of the molecule is COc1ccc(C=CC(=NC2CCCCC2)NC(N)=O)cc1. The van der Waals surface area contributed by atoms with Crippen molar-refractivity contribution in [3.05, 3.63) is 35.9 Å². The van der Waals surface area contributed by atoms with Crippen molar-refractivity contribution < 1.29 is 9.53 Å². The van der Waals surface area contributed by atoms with Gasteiger partial charge in [0, 0.05) is 0 Å². The third-order valence-electron chi connectivity index (χ3n) is 3.70. The molecule has 0 unspecified atom stereocenters. The number of primary amides is 1. The Bertz CT molecular complexity index is 544. The van der Waals surface area contributed by atoms with Crippen molar-refractivity contribution in [2.45, 2.75) is 38.1 Å². The summed E-state index contributed by atoms with van der Waals surface area (Å²) in [7, 11) is 1.64. The molecule has 2 rings (SSSR count). The minimum atomic E-state index is -0.589. The molecule has 2 amide bonds. The van der Waals surface area contributed by atoms with Gasteiger partial charge in [-0.1, -0.05) is 37.5 Å². The van der Waals surface area contributed by atoms with E-state index in [4.69, 9.17) is 10.5 Å². The summed E-state index contributed by atoms with van der Waals surface area (Å²) in [6.07, 6.45) is 9.49. The van der Waals surface area contributed by atoms with Gasteiger partial charge in [-0.15, -0.1) is 0 Å². The number of aliphatic imine (C=N–C) groups is 1. The summed E-state index contributed by atoms with van der Waals surface area (Å²) in [6.45, 7) is 0. The first-order valence-electron chi connectivity index (χ1n) is 7.64. The fourth-order valence-electron chi connectivity index (χ4n) is 2.54. The van der Waals surface area contributed by atoms with Crippen molar-refractivity contribution in [3.8, 4) is 5.75 Å². The van der Waals surface area contributed by atoms with Crippen LogP contribution < -0.4 is 15.8 Å². The van der Waals surface area contributed by atoms with Crippen LogP contribution in [-0.2, 0) is 0 Å². The van der Waals surface area contributed by atoms with E-state index in [1.807, 2.05) is 30.3 Å². The van der Waals surface area contributed by atoms with Crippen molar-refractivity contribution >= 4 is 17.9 Å². The Morgan fingerprint density at radius 1 is 1.27 bits per heavy atom. The minimum Gasteiger partial charge on any atom is -0.497 e. The molecular formula is C17H23N3O2. The van der Waals surface area contributed by atoms with Crippen LogP contribution in [0, 0.1) is 0 Å². The Hall–Kier alpha value is -2.30. The molecule has 0 atom stereocenters. The van der Waals surface area contributed by atoms with E-state index in [2.05, 4.69) is 10.3 Å². The number of nitrogens with zero attached hydrogens (tertiary/aromatic N) is 1. The third-order valence-corrected chi connectivity index (χ3v) is 3.70. The smallest absolute Gasteiger partial charge is 0.317 e. The van der Waals surface area contributed by atoms with E-state index in [1.165, 1.54) is 19.3 Å². The number of ether oxygens (including phenoxy) is 1. The highest BCUT2D eigenvalue weighted by Gasteiger charge is 2.12. The Labute approximate surface area is 131 Å². The lowest BCUT2D eigenvalue weighted by Gasteiger charge is -2.18. The Morgan fingerprint density at radius 2 is 1.95 bits per heavy atom. The lowest BCUT2D eigenvalue weighted by molar-refractivity contribution is 0.253. The monoisotopic (exact) mass is 301 g/mol. The summed E-state index contributed by atoms with van der Waals surface area (Å²) in [6, 6.07) is 7.35. The van der Waals surface area contributed by atoms with Gasteiger partial charge in [0.15, 0.2) is 0 Å². The number of rotatable bonds is 4. The zero-order chi connectivity index (χ0) is 15.8. The van der Waals surface area contributed by atoms with Gasteiger partial charge in [-0.05, 0) is 36.6 Å². The number of nitrogens with one attached hydrogen (secondary N) is 1. The van der Waals surface area contributed by atoms with Crippen LogP contribution in [0.3, 0.4) is 0 Å². The molecule has 0 heterocycles. The second-order valence-electron chi connectivity index (χ2n) is 5.40. The van der Waals surface area contributed by atoms with Gasteiger partial charge in [-0.25, -0.2) is 4.79 Å². The van der Waals surface area contributed by atoms with Gasteiger partial charge in [0.2, 0.25) is 0 Å². The molecule has 1 saturated carbocycles. The first kappa shape index (κ1) is 16.1. The lowest BCUT2D eigenvalue weighted by Crippen LogP contribution is -2.35. The molecule has 0 radical (unpaired) electrons. The van der Waals surface area contributed by atoms with Crippen molar-refractivity contribution in [3.63, 3.8) is 0 Å². The van der Waals surface area contributed by atoms with E-state index < -0.39 is 6.03 Å². The van der Waals surface area contributed by atoms with Crippen molar-refractivity contribution in [1.82, 2.24) is 5.32 Å². The zero-order valence-electron chi connectivity index (χ0n) is 12.9. The number of urea groups is 1. The molecule has 0 aromatic heterocycles. The standard InChI is InChI=1S/C17H23N3O2/c1-22-15-10-7-13(8-11-15)9-12-16(20-17(18)21)19-14-5-3-2-4-6-14/h7-12,14H,2-6H2,1H3,(H3,18,19,20,21). The Balaban J connectivity index is 2.08. The molecule has 1 aliphatic carbocycles. The summed E-state index contributed by atoms with van der Waals surface area (Å²) >= 11 is 0. The predicted octanol–water partition coefficient (Wildman–Crippen LogP) is 3.11. The number of hydrogen-bond donors (Lipinski definition) is 2.